The number of nitrogens with zero attached hydrogens (tertiary/aromatic N) is 3. The van der Waals surface area contributed by atoms with Crippen LogP contribution < -0.4 is 4.90 Å². The Labute approximate surface area is 115 Å². The zero-order chi connectivity index (χ0) is 13.1. The van der Waals surface area contributed by atoms with Gasteiger partial charge in [-0.15, -0.1) is 0 Å². The fourth-order valence-corrected chi connectivity index (χ4v) is 2.79. The Morgan fingerprint density at radius 3 is 2.89 bits per heavy atom. The van der Waals surface area contributed by atoms with E-state index < -0.39 is 0 Å². The fourth-order valence-electron chi connectivity index (χ4n) is 2.59. The summed E-state index contributed by atoms with van der Waals surface area (Å²) in [5.74, 6) is 2.57. The molecule has 1 fully saturated rings. The van der Waals surface area contributed by atoms with Gasteiger partial charge in [-0.1, -0.05) is 25.4 Å². The number of hydrogen-bond donors (Lipinski definition) is 0. The quantitative estimate of drug-likeness (QED) is 0.782. The highest BCUT2D eigenvalue weighted by atomic mass is 35.5. The molecule has 1 aliphatic rings. The van der Waals surface area contributed by atoms with Gasteiger partial charge < -0.3 is 4.90 Å². The molecule has 1 aromatic rings. The lowest BCUT2D eigenvalue weighted by molar-refractivity contribution is 0.361. The van der Waals surface area contributed by atoms with Gasteiger partial charge in [-0.2, -0.15) is 0 Å². The predicted molar refractivity (Wildman–Crippen MR) is 76.2 cm³/mol. The molecule has 0 spiro atoms. The predicted octanol–water partition coefficient (Wildman–Crippen LogP) is 3.71. The maximum atomic E-state index is 6.11. The number of hydrogen-bond acceptors (Lipinski definition) is 3. The van der Waals surface area contributed by atoms with Gasteiger partial charge in [-0.05, 0) is 32.1 Å². The van der Waals surface area contributed by atoms with Gasteiger partial charge in [0.15, 0.2) is 0 Å². The molecular formula is C14H22ClN3. The van der Waals surface area contributed by atoms with E-state index in [1.165, 1.54) is 12.8 Å². The van der Waals surface area contributed by atoms with Gasteiger partial charge >= 0.3 is 0 Å². The Kier molecular flexibility index (Phi) is 4.44. The molecule has 0 amide bonds. The minimum atomic E-state index is 0.527. The van der Waals surface area contributed by atoms with Crippen LogP contribution in [-0.2, 0) is 6.42 Å². The summed E-state index contributed by atoms with van der Waals surface area (Å²) >= 11 is 6.11. The molecule has 18 heavy (non-hydrogen) atoms. The third-order valence-corrected chi connectivity index (χ3v) is 4.06. The second-order valence-corrected chi connectivity index (χ2v) is 5.66. The Balaban J connectivity index is 2.26. The molecule has 0 bridgehead atoms. The van der Waals surface area contributed by atoms with Crippen molar-refractivity contribution in [3.8, 4) is 0 Å². The summed E-state index contributed by atoms with van der Waals surface area (Å²) in [6.45, 7) is 7.80. The fraction of sp³-hybridized carbons (Fsp3) is 0.714. The molecule has 1 aliphatic heterocycles. The molecule has 1 saturated heterocycles. The van der Waals surface area contributed by atoms with Crippen molar-refractivity contribution in [2.45, 2.75) is 52.5 Å². The molecule has 0 radical (unpaired) electrons. The highest BCUT2D eigenvalue weighted by Gasteiger charge is 2.26. The van der Waals surface area contributed by atoms with E-state index in [9.17, 15) is 0 Å². The summed E-state index contributed by atoms with van der Waals surface area (Å²) < 4.78 is 0. The van der Waals surface area contributed by atoms with Gasteiger partial charge in [0.1, 0.15) is 16.8 Å². The minimum absolute atomic E-state index is 0.527. The molecule has 100 valence electrons. The van der Waals surface area contributed by atoms with E-state index in [1.54, 1.807) is 0 Å². The van der Waals surface area contributed by atoms with Crippen LogP contribution in [0.5, 0.6) is 0 Å². The summed E-state index contributed by atoms with van der Waals surface area (Å²) in [7, 11) is 0. The molecule has 2 heterocycles. The highest BCUT2D eigenvalue weighted by molar-refractivity contribution is 6.29. The number of halogens is 1. The molecule has 4 heteroatoms. The molecule has 0 saturated carbocycles. The van der Waals surface area contributed by atoms with E-state index in [0.717, 1.165) is 31.0 Å². The van der Waals surface area contributed by atoms with Crippen molar-refractivity contribution in [1.29, 1.82) is 0 Å². The third-order valence-electron chi connectivity index (χ3n) is 3.87. The van der Waals surface area contributed by atoms with Crippen molar-refractivity contribution in [3.63, 3.8) is 0 Å². The van der Waals surface area contributed by atoms with E-state index in [2.05, 4.69) is 35.6 Å². The van der Waals surface area contributed by atoms with Gasteiger partial charge in [-0.3, -0.25) is 0 Å². The second-order valence-electron chi connectivity index (χ2n) is 5.27. The molecule has 3 nitrogen and oxygen atoms in total. The monoisotopic (exact) mass is 267 g/mol. The van der Waals surface area contributed by atoms with Crippen molar-refractivity contribution in [2.75, 3.05) is 11.4 Å². The molecule has 0 aromatic carbocycles. The first-order chi connectivity index (χ1) is 8.61. The van der Waals surface area contributed by atoms with Crippen molar-refractivity contribution in [1.82, 2.24) is 9.97 Å². The first-order valence-electron chi connectivity index (χ1n) is 6.92. The summed E-state index contributed by atoms with van der Waals surface area (Å²) in [4.78, 5) is 11.3. The first-order valence-corrected chi connectivity index (χ1v) is 7.29. The highest BCUT2D eigenvalue weighted by Crippen LogP contribution is 2.28. The molecule has 2 rings (SSSR count). The average molecular weight is 268 g/mol. The van der Waals surface area contributed by atoms with Crippen LogP contribution in [0.25, 0.3) is 0 Å². The minimum Gasteiger partial charge on any atom is -0.353 e. The van der Waals surface area contributed by atoms with Crippen molar-refractivity contribution < 1.29 is 0 Å². The summed E-state index contributed by atoms with van der Waals surface area (Å²) in [5.41, 5.74) is 0. The van der Waals surface area contributed by atoms with E-state index in [-0.39, 0.29) is 0 Å². The molecule has 2 atom stereocenters. The zero-order valence-electron chi connectivity index (χ0n) is 11.5. The van der Waals surface area contributed by atoms with Gasteiger partial charge in [-0.25, -0.2) is 9.97 Å². The van der Waals surface area contributed by atoms with Crippen LogP contribution in [-0.4, -0.2) is 22.6 Å². The topological polar surface area (TPSA) is 29.0 Å². The van der Waals surface area contributed by atoms with Crippen LogP contribution in [0.3, 0.4) is 0 Å². The smallest absolute Gasteiger partial charge is 0.134 e. The number of piperidine rings is 1. The summed E-state index contributed by atoms with van der Waals surface area (Å²) in [6, 6.07) is 2.43. The van der Waals surface area contributed by atoms with Crippen molar-refractivity contribution in [2.24, 2.45) is 5.92 Å². The van der Waals surface area contributed by atoms with Gasteiger partial charge in [0, 0.05) is 25.1 Å². The number of anilines is 1. The van der Waals surface area contributed by atoms with E-state index in [0.29, 0.717) is 17.1 Å². The van der Waals surface area contributed by atoms with Gasteiger partial charge in [0.25, 0.3) is 0 Å². The molecule has 2 unspecified atom stereocenters. The van der Waals surface area contributed by atoms with Crippen molar-refractivity contribution >= 4 is 17.4 Å². The average Bonchev–Trinajstić information content (AvgIpc) is 2.32. The number of rotatable bonds is 3. The van der Waals surface area contributed by atoms with Crippen LogP contribution in [0.4, 0.5) is 5.82 Å². The van der Waals surface area contributed by atoms with Crippen LogP contribution in [0.15, 0.2) is 6.07 Å². The SMILES string of the molecule is CCCc1nc(Cl)cc(N2CCCC(C)C2C)n1. The maximum Gasteiger partial charge on any atom is 0.134 e. The van der Waals surface area contributed by atoms with Gasteiger partial charge in [0.05, 0.1) is 0 Å². The van der Waals surface area contributed by atoms with Crippen LogP contribution >= 0.6 is 11.6 Å². The Morgan fingerprint density at radius 2 is 2.17 bits per heavy atom. The van der Waals surface area contributed by atoms with Gasteiger partial charge in [0.2, 0.25) is 0 Å². The summed E-state index contributed by atoms with van der Waals surface area (Å²) in [5, 5.41) is 0.564. The third kappa shape index (κ3) is 2.94. The Bertz CT molecular complexity index is 408. The lowest BCUT2D eigenvalue weighted by Gasteiger charge is -2.38. The standard InChI is InChI=1S/C14H22ClN3/c1-4-6-13-16-12(15)9-14(17-13)18-8-5-7-10(2)11(18)3/h9-11H,4-8H2,1-3H3. The largest absolute Gasteiger partial charge is 0.353 e. The van der Waals surface area contributed by atoms with Crippen LogP contribution in [0.2, 0.25) is 5.15 Å². The van der Waals surface area contributed by atoms with Crippen LogP contribution in [0, 0.1) is 5.92 Å². The van der Waals surface area contributed by atoms with E-state index in [1.807, 2.05) is 6.07 Å². The van der Waals surface area contributed by atoms with Crippen LogP contribution in [0.1, 0.15) is 45.9 Å². The lowest BCUT2D eigenvalue weighted by Crippen LogP contribution is -2.43. The molecule has 0 N–H and O–H groups in total. The summed E-state index contributed by atoms with van der Waals surface area (Å²) in [6.07, 6.45) is 4.48. The molecule has 1 aromatic heterocycles. The van der Waals surface area contributed by atoms with E-state index in [4.69, 9.17) is 11.6 Å². The second kappa shape index (κ2) is 5.87. The number of aryl methyl sites for hydroxylation is 1. The lowest BCUT2D eigenvalue weighted by atomic mass is 9.92. The zero-order valence-corrected chi connectivity index (χ0v) is 12.2. The molecule has 0 aliphatic carbocycles. The molecular weight excluding hydrogens is 246 g/mol. The Morgan fingerprint density at radius 1 is 1.39 bits per heavy atom. The Hall–Kier alpha value is -0.830. The number of aromatic nitrogens is 2. The van der Waals surface area contributed by atoms with Crippen molar-refractivity contribution in [3.05, 3.63) is 17.0 Å². The first kappa shape index (κ1) is 13.6. The maximum absolute atomic E-state index is 6.11. The van der Waals surface area contributed by atoms with E-state index >= 15 is 0 Å². The normalized spacial score (nSPS) is 24.3.